The fourth-order valence-electron chi connectivity index (χ4n) is 2.27. The van der Waals surface area contributed by atoms with Gasteiger partial charge in [0, 0.05) is 13.2 Å². The van der Waals surface area contributed by atoms with Crippen LogP contribution < -0.4 is 0 Å². The first-order chi connectivity index (χ1) is 10.9. The van der Waals surface area contributed by atoms with Crippen molar-refractivity contribution in [1.82, 2.24) is 0 Å². The molecule has 23 heavy (non-hydrogen) atoms. The highest BCUT2D eigenvalue weighted by Gasteiger charge is 2.39. The van der Waals surface area contributed by atoms with Crippen molar-refractivity contribution in [2.45, 2.75) is 78.3 Å². The van der Waals surface area contributed by atoms with Crippen molar-refractivity contribution in [3.05, 3.63) is 24.6 Å². The third-order valence-electron chi connectivity index (χ3n) is 3.92. The number of hydrogen-bond donors (Lipinski definition) is 0. The van der Waals surface area contributed by atoms with Crippen molar-refractivity contribution in [1.29, 1.82) is 0 Å². The van der Waals surface area contributed by atoms with Gasteiger partial charge in [-0.1, -0.05) is 63.8 Å². The fourth-order valence-corrected chi connectivity index (χ4v) is 7.96. The van der Waals surface area contributed by atoms with Crippen molar-refractivity contribution in [3.8, 4) is 0 Å². The van der Waals surface area contributed by atoms with Gasteiger partial charge in [-0.05, 0) is 25.9 Å². The average molecular weight is 359 g/mol. The van der Waals surface area contributed by atoms with Gasteiger partial charge >= 0.3 is 17.1 Å². The van der Waals surface area contributed by atoms with Crippen molar-refractivity contribution in [2.75, 3.05) is 13.2 Å². The maximum absolute atomic E-state index is 6.33. The zero-order chi connectivity index (χ0) is 17.6. The molecule has 5 heteroatoms. The minimum Gasteiger partial charge on any atom is -0.409 e. The standard InChI is InChI=1S/C18H38O3Si2/c1-7-11-13-15-17-19-22(5,9-3)21-23(6,10-4)20-18-16-14-12-8-2/h9-10H,3-4,7-8,11-18H2,1-2,5-6H3. The average Bonchev–Trinajstić information content (AvgIpc) is 2.54. The summed E-state index contributed by atoms with van der Waals surface area (Å²) in [5.74, 6) is 0. The van der Waals surface area contributed by atoms with Crippen LogP contribution in [0.2, 0.25) is 13.1 Å². The summed E-state index contributed by atoms with van der Waals surface area (Å²) in [5, 5.41) is 0. The van der Waals surface area contributed by atoms with Gasteiger partial charge in [-0.15, -0.1) is 13.2 Å². The van der Waals surface area contributed by atoms with Gasteiger partial charge in [-0.25, -0.2) is 0 Å². The van der Waals surface area contributed by atoms with Crippen LogP contribution in [0.4, 0.5) is 0 Å². The highest BCUT2D eigenvalue weighted by molar-refractivity contribution is 6.84. The summed E-state index contributed by atoms with van der Waals surface area (Å²) in [7, 11) is -4.77. The van der Waals surface area contributed by atoms with Crippen LogP contribution in [-0.2, 0) is 13.0 Å². The third kappa shape index (κ3) is 11.1. The monoisotopic (exact) mass is 358 g/mol. The van der Waals surface area contributed by atoms with Gasteiger partial charge in [-0.3, -0.25) is 0 Å². The summed E-state index contributed by atoms with van der Waals surface area (Å²) in [6.45, 7) is 17.9. The Morgan fingerprint density at radius 3 is 1.39 bits per heavy atom. The molecular weight excluding hydrogens is 320 g/mol. The Morgan fingerprint density at radius 1 is 0.696 bits per heavy atom. The molecule has 0 rings (SSSR count). The van der Waals surface area contributed by atoms with Gasteiger partial charge in [0.05, 0.1) is 0 Å². The number of unbranched alkanes of at least 4 members (excludes halogenated alkanes) is 6. The quantitative estimate of drug-likeness (QED) is 0.258. The predicted octanol–water partition coefficient (Wildman–Crippen LogP) is 5.79. The minimum absolute atomic E-state index is 0.743. The molecule has 0 aromatic heterocycles. The molecular formula is C18H38O3Si2. The van der Waals surface area contributed by atoms with E-state index in [2.05, 4.69) is 40.1 Å². The lowest BCUT2D eigenvalue weighted by atomic mass is 10.2. The molecule has 0 aliphatic carbocycles. The van der Waals surface area contributed by atoms with E-state index in [9.17, 15) is 0 Å². The molecule has 0 N–H and O–H groups in total. The third-order valence-corrected chi connectivity index (χ3v) is 10.2. The minimum atomic E-state index is -2.39. The van der Waals surface area contributed by atoms with Gasteiger partial charge in [-0.2, -0.15) is 0 Å². The van der Waals surface area contributed by atoms with Crippen LogP contribution in [0.15, 0.2) is 24.6 Å². The van der Waals surface area contributed by atoms with Crippen molar-refractivity contribution < 1.29 is 13.0 Å². The molecule has 0 spiro atoms. The second-order valence-corrected chi connectivity index (χ2v) is 12.6. The largest absolute Gasteiger partial charge is 0.409 e. The van der Waals surface area contributed by atoms with Gasteiger partial charge < -0.3 is 13.0 Å². The molecule has 0 bridgehead atoms. The molecule has 0 aliphatic heterocycles. The fraction of sp³-hybridized carbons (Fsp3) is 0.778. The molecule has 0 aromatic carbocycles. The molecule has 0 aromatic rings. The van der Waals surface area contributed by atoms with Crippen LogP contribution in [0.3, 0.4) is 0 Å². The number of rotatable bonds is 16. The summed E-state index contributed by atoms with van der Waals surface area (Å²) >= 11 is 0. The first kappa shape index (κ1) is 22.8. The van der Waals surface area contributed by atoms with Crippen molar-refractivity contribution in [3.63, 3.8) is 0 Å². The highest BCUT2D eigenvalue weighted by Crippen LogP contribution is 2.20. The van der Waals surface area contributed by atoms with Crippen molar-refractivity contribution >= 4 is 17.1 Å². The molecule has 0 heterocycles. The molecule has 0 aliphatic rings. The van der Waals surface area contributed by atoms with E-state index in [0.29, 0.717) is 0 Å². The Bertz CT molecular complexity index is 295. The summed E-state index contributed by atoms with van der Waals surface area (Å²) in [6, 6.07) is 0. The summed E-state index contributed by atoms with van der Waals surface area (Å²) in [4.78, 5) is 0. The van der Waals surface area contributed by atoms with Crippen LogP contribution in [0.5, 0.6) is 0 Å². The molecule has 136 valence electrons. The Kier molecular flexibility index (Phi) is 13.0. The second kappa shape index (κ2) is 13.1. The van der Waals surface area contributed by atoms with E-state index in [1.807, 2.05) is 11.4 Å². The van der Waals surface area contributed by atoms with E-state index >= 15 is 0 Å². The number of hydrogen-bond acceptors (Lipinski definition) is 3. The normalized spacial score (nSPS) is 16.5. The van der Waals surface area contributed by atoms with E-state index < -0.39 is 17.1 Å². The Morgan fingerprint density at radius 2 is 1.09 bits per heavy atom. The van der Waals surface area contributed by atoms with Gasteiger partial charge in [0.1, 0.15) is 0 Å². The van der Waals surface area contributed by atoms with Crippen LogP contribution >= 0.6 is 0 Å². The highest BCUT2D eigenvalue weighted by atomic mass is 28.5. The maximum atomic E-state index is 6.33. The Balaban J connectivity index is 4.33. The molecule has 0 saturated carbocycles. The zero-order valence-electron chi connectivity index (χ0n) is 15.9. The maximum Gasteiger partial charge on any atom is 0.352 e. The van der Waals surface area contributed by atoms with E-state index in [0.717, 1.165) is 26.1 Å². The smallest absolute Gasteiger partial charge is 0.352 e. The van der Waals surface area contributed by atoms with Crippen LogP contribution in [0.1, 0.15) is 65.2 Å². The van der Waals surface area contributed by atoms with E-state index in [1.54, 1.807) is 0 Å². The van der Waals surface area contributed by atoms with Gasteiger partial charge in [0.15, 0.2) is 0 Å². The summed E-state index contributed by atoms with van der Waals surface area (Å²) < 4.78 is 18.5. The van der Waals surface area contributed by atoms with Crippen LogP contribution in [-0.4, -0.2) is 30.3 Å². The van der Waals surface area contributed by atoms with Crippen LogP contribution in [0.25, 0.3) is 0 Å². The molecule has 0 amide bonds. The molecule has 0 saturated heterocycles. The summed E-state index contributed by atoms with van der Waals surface area (Å²) in [5.41, 5.74) is 3.73. The van der Waals surface area contributed by atoms with E-state index in [1.165, 1.54) is 38.5 Å². The van der Waals surface area contributed by atoms with Gasteiger partial charge in [0.25, 0.3) is 0 Å². The predicted molar refractivity (Wildman–Crippen MR) is 105 cm³/mol. The van der Waals surface area contributed by atoms with Gasteiger partial charge in [0.2, 0.25) is 0 Å². The Labute approximate surface area is 146 Å². The molecule has 0 fully saturated rings. The lowest BCUT2D eigenvalue weighted by Gasteiger charge is -2.33. The first-order valence-electron chi connectivity index (χ1n) is 9.20. The molecule has 2 unspecified atom stereocenters. The van der Waals surface area contributed by atoms with Crippen molar-refractivity contribution in [2.24, 2.45) is 0 Å². The topological polar surface area (TPSA) is 27.7 Å². The first-order valence-corrected chi connectivity index (χ1v) is 14.0. The summed E-state index contributed by atoms with van der Waals surface area (Å²) in [6.07, 6.45) is 9.58. The zero-order valence-corrected chi connectivity index (χ0v) is 17.9. The molecule has 3 nitrogen and oxygen atoms in total. The van der Waals surface area contributed by atoms with E-state index in [4.69, 9.17) is 13.0 Å². The SMILES string of the molecule is C=C[Si](C)(OCCCCCC)O[Si](C)(C=C)OCCCCCC. The lowest BCUT2D eigenvalue weighted by Crippen LogP contribution is -2.50. The Hall–Kier alpha value is -0.206. The molecule has 2 atom stereocenters. The van der Waals surface area contributed by atoms with E-state index in [-0.39, 0.29) is 0 Å². The second-order valence-electron chi connectivity index (χ2n) is 6.36. The lowest BCUT2D eigenvalue weighted by molar-refractivity contribution is 0.197. The van der Waals surface area contributed by atoms with Crippen LogP contribution in [0, 0.1) is 0 Å². The molecule has 0 radical (unpaired) electrons.